The number of nitrogens with zero attached hydrogens (tertiary/aromatic N) is 1. The lowest BCUT2D eigenvalue weighted by molar-refractivity contribution is 0.0606. The largest absolute Gasteiger partial charge is 0.334 e. The lowest BCUT2D eigenvalue weighted by Crippen LogP contribution is -2.45. The normalized spacial score (nSPS) is 18.4. The van der Waals surface area contributed by atoms with Crippen molar-refractivity contribution >= 4 is 16.1 Å². The summed E-state index contributed by atoms with van der Waals surface area (Å²) in [5, 5.41) is 2.56. The topological polar surface area (TPSA) is 78.5 Å². The summed E-state index contributed by atoms with van der Waals surface area (Å²) < 4.78 is 51.3. The molecular formula is C14H19F2N3O3S. The SMILES string of the molecule is CNS(=O)(=O)c1cccc(CNC(=O)N2CCC[C@H]2C(F)F)c1. The summed E-state index contributed by atoms with van der Waals surface area (Å²) >= 11 is 0. The molecule has 0 spiro atoms. The Labute approximate surface area is 133 Å². The molecule has 1 aromatic rings. The lowest BCUT2D eigenvalue weighted by atomic mass is 10.2. The van der Waals surface area contributed by atoms with Crippen molar-refractivity contribution in [3.63, 3.8) is 0 Å². The third-order valence-corrected chi connectivity index (χ3v) is 5.18. The number of hydrogen-bond donors (Lipinski definition) is 2. The van der Waals surface area contributed by atoms with Gasteiger partial charge in [-0.25, -0.2) is 26.7 Å². The van der Waals surface area contributed by atoms with Crippen LogP contribution in [0.1, 0.15) is 18.4 Å². The van der Waals surface area contributed by atoms with Crippen molar-refractivity contribution in [1.82, 2.24) is 14.9 Å². The van der Waals surface area contributed by atoms with Gasteiger partial charge in [-0.05, 0) is 37.6 Å². The highest BCUT2D eigenvalue weighted by Gasteiger charge is 2.34. The average molecular weight is 347 g/mol. The number of alkyl halides is 2. The lowest BCUT2D eigenvalue weighted by Gasteiger charge is -2.24. The molecule has 1 fully saturated rings. The van der Waals surface area contributed by atoms with E-state index in [4.69, 9.17) is 0 Å². The Morgan fingerprint density at radius 2 is 2.17 bits per heavy atom. The van der Waals surface area contributed by atoms with Crippen LogP contribution in [0.4, 0.5) is 13.6 Å². The molecule has 2 N–H and O–H groups in total. The Bertz CT molecular complexity index is 667. The van der Waals surface area contributed by atoms with Gasteiger partial charge in [0.25, 0.3) is 6.43 Å². The minimum absolute atomic E-state index is 0.0678. The van der Waals surface area contributed by atoms with E-state index in [-0.39, 0.29) is 11.4 Å². The second-order valence-corrected chi connectivity index (χ2v) is 7.14. The first-order chi connectivity index (χ1) is 10.8. The van der Waals surface area contributed by atoms with Gasteiger partial charge in [0.1, 0.15) is 0 Å². The van der Waals surface area contributed by atoms with Crippen molar-refractivity contribution in [2.45, 2.75) is 36.7 Å². The number of benzene rings is 1. The summed E-state index contributed by atoms with van der Waals surface area (Å²) in [7, 11) is -2.26. The van der Waals surface area contributed by atoms with Crippen molar-refractivity contribution in [2.24, 2.45) is 0 Å². The van der Waals surface area contributed by atoms with E-state index in [9.17, 15) is 22.0 Å². The molecule has 23 heavy (non-hydrogen) atoms. The van der Waals surface area contributed by atoms with Crippen LogP contribution in [0, 0.1) is 0 Å². The first-order valence-corrected chi connectivity index (χ1v) is 8.68. The van der Waals surface area contributed by atoms with E-state index >= 15 is 0 Å². The molecule has 0 aliphatic carbocycles. The number of urea groups is 1. The number of amides is 2. The number of halogens is 2. The summed E-state index contributed by atoms with van der Waals surface area (Å²) in [6, 6.07) is 4.47. The van der Waals surface area contributed by atoms with Crippen molar-refractivity contribution in [3.05, 3.63) is 29.8 Å². The Balaban J connectivity index is 2.01. The number of rotatable bonds is 5. The van der Waals surface area contributed by atoms with Gasteiger partial charge in [0.15, 0.2) is 0 Å². The first-order valence-electron chi connectivity index (χ1n) is 7.20. The zero-order valence-corrected chi connectivity index (χ0v) is 13.4. The van der Waals surface area contributed by atoms with E-state index in [1.807, 2.05) is 0 Å². The van der Waals surface area contributed by atoms with Crippen molar-refractivity contribution in [2.75, 3.05) is 13.6 Å². The van der Waals surface area contributed by atoms with Crippen LogP contribution in [-0.2, 0) is 16.6 Å². The van der Waals surface area contributed by atoms with E-state index in [1.165, 1.54) is 19.2 Å². The van der Waals surface area contributed by atoms with Crippen LogP contribution in [0.5, 0.6) is 0 Å². The van der Waals surface area contributed by atoms with Gasteiger partial charge in [-0.15, -0.1) is 0 Å². The molecule has 1 heterocycles. The molecule has 0 radical (unpaired) electrons. The highest BCUT2D eigenvalue weighted by atomic mass is 32.2. The van der Waals surface area contributed by atoms with Crippen LogP contribution in [0.25, 0.3) is 0 Å². The van der Waals surface area contributed by atoms with E-state index in [1.54, 1.807) is 12.1 Å². The van der Waals surface area contributed by atoms with E-state index < -0.39 is 28.5 Å². The van der Waals surface area contributed by atoms with Gasteiger partial charge >= 0.3 is 6.03 Å². The second kappa shape index (κ2) is 7.22. The van der Waals surface area contributed by atoms with Crippen LogP contribution >= 0.6 is 0 Å². The monoisotopic (exact) mass is 347 g/mol. The maximum absolute atomic E-state index is 12.8. The molecule has 6 nitrogen and oxygen atoms in total. The van der Waals surface area contributed by atoms with Gasteiger partial charge in [0.2, 0.25) is 10.0 Å². The van der Waals surface area contributed by atoms with Gasteiger partial charge < -0.3 is 10.2 Å². The molecule has 2 amide bonds. The summed E-state index contributed by atoms with van der Waals surface area (Å²) in [5.74, 6) is 0. The number of carbonyl (C=O) groups excluding carboxylic acids is 1. The summed E-state index contributed by atoms with van der Waals surface area (Å²) in [6.07, 6.45) is -1.72. The standard InChI is InChI=1S/C14H19F2N3O3S/c1-17-23(21,22)11-5-2-4-10(8-11)9-18-14(20)19-7-3-6-12(19)13(15)16/h2,4-5,8,12-13,17H,3,6-7,9H2,1H3,(H,18,20)/t12-/m0/s1. The third kappa shape index (κ3) is 4.17. The molecule has 1 aliphatic rings. The summed E-state index contributed by atoms with van der Waals surface area (Å²) in [4.78, 5) is 13.2. The number of carbonyl (C=O) groups is 1. The van der Waals surface area contributed by atoms with Gasteiger partial charge in [-0.1, -0.05) is 12.1 Å². The zero-order valence-electron chi connectivity index (χ0n) is 12.6. The number of likely N-dealkylation sites (tertiary alicyclic amines) is 1. The molecule has 0 aromatic heterocycles. The highest BCUT2D eigenvalue weighted by molar-refractivity contribution is 7.89. The van der Waals surface area contributed by atoms with Crippen molar-refractivity contribution in [3.8, 4) is 0 Å². The van der Waals surface area contributed by atoms with Gasteiger partial charge in [-0.3, -0.25) is 0 Å². The molecule has 1 atom stereocenters. The predicted molar refractivity (Wildman–Crippen MR) is 80.7 cm³/mol. The van der Waals surface area contributed by atoms with Crippen molar-refractivity contribution in [1.29, 1.82) is 0 Å². The molecule has 9 heteroatoms. The van der Waals surface area contributed by atoms with Crippen LogP contribution in [0.2, 0.25) is 0 Å². The Hall–Kier alpha value is -1.74. The van der Waals surface area contributed by atoms with Gasteiger partial charge in [0, 0.05) is 13.1 Å². The maximum atomic E-state index is 12.8. The van der Waals surface area contributed by atoms with Crippen LogP contribution in [-0.4, -0.2) is 45.4 Å². The van der Waals surface area contributed by atoms with Crippen LogP contribution in [0.3, 0.4) is 0 Å². The minimum Gasteiger partial charge on any atom is -0.334 e. The molecule has 128 valence electrons. The Kier molecular flexibility index (Phi) is 5.53. The molecular weight excluding hydrogens is 328 g/mol. The minimum atomic E-state index is -3.57. The predicted octanol–water partition coefficient (Wildman–Crippen LogP) is 1.53. The second-order valence-electron chi connectivity index (χ2n) is 5.25. The van der Waals surface area contributed by atoms with E-state index in [0.717, 1.165) is 4.90 Å². The number of hydrogen-bond acceptors (Lipinski definition) is 3. The summed E-state index contributed by atoms with van der Waals surface area (Å²) in [5.41, 5.74) is 0.572. The average Bonchev–Trinajstić information content (AvgIpc) is 3.03. The fourth-order valence-electron chi connectivity index (χ4n) is 2.53. The highest BCUT2D eigenvalue weighted by Crippen LogP contribution is 2.22. The Morgan fingerprint density at radius 1 is 1.43 bits per heavy atom. The van der Waals surface area contributed by atoms with Crippen LogP contribution < -0.4 is 10.0 Å². The zero-order chi connectivity index (χ0) is 17.0. The van der Waals surface area contributed by atoms with Gasteiger partial charge in [0.05, 0.1) is 10.9 Å². The fraction of sp³-hybridized carbons (Fsp3) is 0.500. The Morgan fingerprint density at radius 3 is 2.83 bits per heavy atom. The molecule has 2 rings (SSSR count). The molecule has 0 unspecified atom stereocenters. The molecule has 1 aliphatic heterocycles. The molecule has 0 saturated carbocycles. The van der Waals surface area contributed by atoms with E-state index in [2.05, 4.69) is 10.0 Å². The number of sulfonamides is 1. The molecule has 1 saturated heterocycles. The van der Waals surface area contributed by atoms with Crippen LogP contribution in [0.15, 0.2) is 29.2 Å². The first kappa shape index (κ1) is 17.6. The quantitative estimate of drug-likeness (QED) is 0.848. The fourth-order valence-corrected chi connectivity index (χ4v) is 3.33. The smallest absolute Gasteiger partial charge is 0.318 e. The van der Waals surface area contributed by atoms with E-state index in [0.29, 0.717) is 24.9 Å². The maximum Gasteiger partial charge on any atom is 0.318 e. The summed E-state index contributed by atoms with van der Waals surface area (Å²) in [6.45, 7) is 0.368. The molecule has 0 bridgehead atoms. The van der Waals surface area contributed by atoms with Gasteiger partial charge in [-0.2, -0.15) is 0 Å². The number of nitrogens with one attached hydrogen (secondary N) is 2. The third-order valence-electron chi connectivity index (χ3n) is 3.77. The van der Waals surface area contributed by atoms with Crippen molar-refractivity contribution < 1.29 is 22.0 Å². The molecule has 1 aromatic carbocycles.